The summed E-state index contributed by atoms with van der Waals surface area (Å²) in [6.45, 7) is 2.13. The van der Waals surface area contributed by atoms with Gasteiger partial charge in [-0.15, -0.1) is 0 Å². The highest BCUT2D eigenvalue weighted by Gasteiger charge is 2.38. The van der Waals surface area contributed by atoms with E-state index in [1.54, 1.807) is 6.92 Å². The largest absolute Gasteiger partial charge is 0.444 e. The summed E-state index contributed by atoms with van der Waals surface area (Å²) in [6.07, 6.45) is -0.0273. The molecule has 1 amide bonds. The van der Waals surface area contributed by atoms with Crippen LogP contribution in [0.5, 0.6) is 0 Å². The second-order valence-electron chi connectivity index (χ2n) is 3.83. The van der Waals surface area contributed by atoms with Gasteiger partial charge in [0.1, 0.15) is 18.4 Å². The molecule has 0 spiro atoms. The Kier molecular flexibility index (Phi) is 2.90. The van der Waals surface area contributed by atoms with E-state index >= 15 is 0 Å². The Morgan fingerprint density at radius 1 is 1.38 bits per heavy atom. The molecule has 2 atom stereocenters. The molecule has 1 heterocycles. The Morgan fingerprint density at radius 2 is 2.06 bits per heavy atom. The van der Waals surface area contributed by atoms with Crippen LogP contribution in [0.3, 0.4) is 0 Å². The lowest BCUT2D eigenvalue weighted by molar-refractivity contribution is -0.112. The van der Waals surface area contributed by atoms with Crippen molar-refractivity contribution in [3.63, 3.8) is 0 Å². The number of benzene rings is 1. The molecule has 84 valence electrons. The number of hydrogen-bond donors (Lipinski definition) is 0. The highest BCUT2D eigenvalue weighted by Crippen LogP contribution is 2.20. The Labute approximate surface area is 93.8 Å². The van der Waals surface area contributed by atoms with E-state index in [1.165, 1.54) is 4.90 Å². The molecular weight excluding hydrogens is 206 g/mol. The first-order valence-electron chi connectivity index (χ1n) is 5.19. The molecule has 1 aromatic carbocycles. The topological polar surface area (TPSA) is 46.6 Å². The van der Waals surface area contributed by atoms with Crippen LogP contribution in [0.1, 0.15) is 12.5 Å². The second-order valence-corrected chi connectivity index (χ2v) is 3.83. The highest BCUT2D eigenvalue weighted by atomic mass is 16.6. The molecular formula is C12H13NO3. The van der Waals surface area contributed by atoms with Gasteiger partial charge >= 0.3 is 6.09 Å². The van der Waals surface area contributed by atoms with Crippen LogP contribution >= 0.6 is 0 Å². The number of amides is 1. The minimum atomic E-state index is -0.479. The number of aldehydes is 1. The van der Waals surface area contributed by atoms with Gasteiger partial charge in [-0.2, -0.15) is 0 Å². The van der Waals surface area contributed by atoms with Crippen LogP contribution in [-0.2, 0) is 16.1 Å². The number of nitrogens with zero attached hydrogens (tertiary/aromatic N) is 1. The van der Waals surface area contributed by atoms with E-state index in [4.69, 9.17) is 4.74 Å². The smallest absolute Gasteiger partial charge is 0.411 e. The number of hydrogen-bond acceptors (Lipinski definition) is 3. The van der Waals surface area contributed by atoms with Crippen LogP contribution in [0, 0.1) is 0 Å². The first-order chi connectivity index (χ1) is 7.72. The molecule has 1 fully saturated rings. The van der Waals surface area contributed by atoms with Crippen molar-refractivity contribution < 1.29 is 14.3 Å². The molecule has 4 nitrogen and oxygen atoms in total. The van der Waals surface area contributed by atoms with Crippen molar-refractivity contribution >= 4 is 12.4 Å². The van der Waals surface area contributed by atoms with Gasteiger partial charge in [-0.3, -0.25) is 4.90 Å². The maximum atomic E-state index is 11.5. The molecule has 0 aliphatic carbocycles. The van der Waals surface area contributed by atoms with E-state index in [0.717, 1.165) is 11.8 Å². The minimum absolute atomic E-state index is 0.367. The summed E-state index contributed by atoms with van der Waals surface area (Å²) < 4.78 is 5.01. The minimum Gasteiger partial charge on any atom is -0.444 e. The molecule has 1 saturated heterocycles. The molecule has 16 heavy (non-hydrogen) atoms. The Balaban J connectivity index is 2.14. The molecule has 0 radical (unpaired) electrons. The van der Waals surface area contributed by atoms with Crippen molar-refractivity contribution in [3.8, 4) is 0 Å². The molecule has 0 aromatic heterocycles. The van der Waals surface area contributed by atoms with Crippen molar-refractivity contribution in [3.05, 3.63) is 35.9 Å². The molecule has 0 bridgehead atoms. The number of carbonyl (C=O) groups excluding carboxylic acids is 2. The Morgan fingerprint density at radius 3 is 2.69 bits per heavy atom. The Bertz CT molecular complexity index is 391. The number of rotatable bonds is 3. The standard InChI is InChI=1S/C12H13NO3/c1-9-11(8-14)13(12(15)16-9)7-10-5-3-2-4-6-10/h2-6,8-9,11H,7H2,1H3/t9-,11-/m1/s1. The third-order valence-corrected chi connectivity index (χ3v) is 2.70. The number of ether oxygens (including phenoxy) is 1. The fourth-order valence-electron chi connectivity index (χ4n) is 1.81. The average molecular weight is 219 g/mol. The highest BCUT2D eigenvalue weighted by molar-refractivity contribution is 5.77. The van der Waals surface area contributed by atoms with Crippen LogP contribution in [0.15, 0.2) is 30.3 Å². The zero-order valence-corrected chi connectivity index (χ0v) is 9.00. The predicted octanol–water partition coefficient (Wildman–Crippen LogP) is 1.59. The van der Waals surface area contributed by atoms with Crippen molar-refractivity contribution in [1.82, 2.24) is 4.90 Å². The fourth-order valence-corrected chi connectivity index (χ4v) is 1.81. The Hall–Kier alpha value is -1.84. The van der Waals surface area contributed by atoms with Gasteiger partial charge in [0, 0.05) is 6.54 Å². The van der Waals surface area contributed by atoms with Crippen LogP contribution in [0.2, 0.25) is 0 Å². The summed E-state index contributed by atoms with van der Waals surface area (Å²) in [6, 6.07) is 9.06. The van der Waals surface area contributed by atoms with Crippen LogP contribution < -0.4 is 0 Å². The summed E-state index contributed by atoms with van der Waals surface area (Å²) in [5.74, 6) is 0. The molecule has 0 unspecified atom stereocenters. The van der Waals surface area contributed by atoms with Gasteiger partial charge in [0.05, 0.1) is 0 Å². The molecule has 2 rings (SSSR count). The molecule has 1 aliphatic rings. The van der Waals surface area contributed by atoms with Crippen molar-refractivity contribution in [2.75, 3.05) is 0 Å². The summed E-state index contributed by atoms with van der Waals surface area (Å²) >= 11 is 0. The molecule has 1 aliphatic heterocycles. The van der Waals surface area contributed by atoms with E-state index < -0.39 is 12.1 Å². The molecule has 0 saturated carbocycles. The van der Waals surface area contributed by atoms with Crippen LogP contribution in [0.4, 0.5) is 4.79 Å². The zero-order valence-electron chi connectivity index (χ0n) is 9.00. The van der Waals surface area contributed by atoms with Crippen molar-refractivity contribution in [2.24, 2.45) is 0 Å². The van der Waals surface area contributed by atoms with Gasteiger partial charge in [0.15, 0.2) is 0 Å². The van der Waals surface area contributed by atoms with Gasteiger partial charge < -0.3 is 9.53 Å². The lowest BCUT2D eigenvalue weighted by atomic mass is 10.1. The van der Waals surface area contributed by atoms with Crippen molar-refractivity contribution in [1.29, 1.82) is 0 Å². The van der Waals surface area contributed by atoms with E-state index in [2.05, 4.69) is 0 Å². The van der Waals surface area contributed by atoms with E-state index in [-0.39, 0.29) is 6.10 Å². The lowest BCUT2D eigenvalue weighted by Crippen LogP contribution is -2.36. The van der Waals surface area contributed by atoms with Gasteiger partial charge in [0.2, 0.25) is 0 Å². The van der Waals surface area contributed by atoms with Crippen LogP contribution in [0.25, 0.3) is 0 Å². The first kappa shape index (κ1) is 10.7. The average Bonchev–Trinajstić information content (AvgIpc) is 2.55. The van der Waals surface area contributed by atoms with Gasteiger partial charge in [-0.05, 0) is 12.5 Å². The van der Waals surface area contributed by atoms with Crippen LogP contribution in [-0.4, -0.2) is 29.4 Å². The molecule has 4 heteroatoms. The quantitative estimate of drug-likeness (QED) is 0.725. The van der Waals surface area contributed by atoms with E-state index in [9.17, 15) is 9.59 Å². The predicted molar refractivity (Wildman–Crippen MR) is 57.8 cm³/mol. The third kappa shape index (κ3) is 1.91. The van der Waals surface area contributed by atoms with E-state index in [0.29, 0.717) is 6.54 Å². The lowest BCUT2D eigenvalue weighted by Gasteiger charge is -2.18. The molecule has 0 N–H and O–H groups in total. The fraction of sp³-hybridized carbons (Fsp3) is 0.333. The first-order valence-corrected chi connectivity index (χ1v) is 5.19. The maximum Gasteiger partial charge on any atom is 0.411 e. The van der Waals surface area contributed by atoms with E-state index in [1.807, 2.05) is 30.3 Å². The maximum absolute atomic E-state index is 11.5. The monoisotopic (exact) mass is 219 g/mol. The van der Waals surface area contributed by atoms with Gasteiger partial charge in [-0.25, -0.2) is 4.79 Å². The number of cyclic esters (lactones) is 1. The normalized spacial score (nSPS) is 24.3. The second kappa shape index (κ2) is 4.35. The SMILES string of the molecule is C[C@H]1OC(=O)N(Cc2ccccc2)[C@@H]1C=O. The summed E-state index contributed by atoms with van der Waals surface area (Å²) in [5, 5.41) is 0. The summed E-state index contributed by atoms with van der Waals surface area (Å²) in [5.41, 5.74) is 0.986. The summed E-state index contributed by atoms with van der Waals surface area (Å²) in [7, 11) is 0. The summed E-state index contributed by atoms with van der Waals surface area (Å²) in [4.78, 5) is 23.8. The zero-order chi connectivity index (χ0) is 11.5. The van der Waals surface area contributed by atoms with Gasteiger partial charge in [0.25, 0.3) is 0 Å². The molecule has 1 aromatic rings. The third-order valence-electron chi connectivity index (χ3n) is 2.70. The van der Waals surface area contributed by atoms with Crippen molar-refractivity contribution in [2.45, 2.75) is 25.6 Å². The number of carbonyl (C=O) groups is 2. The van der Waals surface area contributed by atoms with Gasteiger partial charge in [-0.1, -0.05) is 30.3 Å².